The molecule has 0 fully saturated rings. The lowest BCUT2D eigenvalue weighted by molar-refractivity contribution is 0.0957. The number of halogens is 1. The van der Waals surface area contributed by atoms with Gasteiger partial charge < -0.3 is 15.4 Å². The van der Waals surface area contributed by atoms with Crippen LogP contribution in [0.3, 0.4) is 0 Å². The zero-order chi connectivity index (χ0) is 19.2. The largest absolute Gasteiger partial charge is 0.457 e. The minimum atomic E-state index is -0.310. The Balaban J connectivity index is 1.75. The number of hydrogen-bond donors (Lipinski definition) is 2. The third-order valence-corrected chi connectivity index (χ3v) is 3.84. The number of carbonyl (C=O) groups excluding carboxylic acids is 2. The van der Waals surface area contributed by atoms with E-state index in [-0.39, 0.29) is 17.5 Å². The van der Waals surface area contributed by atoms with Crippen LogP contribution in [0.2, 0.25) is 5.02 Å². The number of hydrogen-bond acceptors (Lipinski definition) is 4. The third-order valence-electron chi connectivity index (χ3n) is 3.61. The summed E-state index contributed by atoms with van der Waals surface area (Å²) in [5, 5.41) is 5.82. The minimum absolute atomic E-state index is 0.241. The fourth-order valence-corrected chi connectivity index (χ4v) is 2.52. The smallest absolute Gasteiger partial charge is 0.269 e. The zero-order valence-electron chi connectivity index (χ0n) is 14.4. The van der Waals surface area contributed by atoms with E-state index >= 15 is 0 Å². The van der Waals surface area contributed by atoms with Crippen LogP contribution < -0.4 is 15.4 Å². The summed E-state index contributed by atoms with van der Waals surface area (Å²) >= 11 is 5.93. The number of nitrogens with zero attached hydrogens (tertiary/aromatic N) is 1. The van der Waals surface area contributed by atoms with Crippen LogP contribution in [0.4, 0.5) is 5.69 Å². The van der Waals surface area contributed by atoms with E-state index in [2.05, 4.69) is 15.6 Å². The number of nitrogens with one attached hydrogen (secondary N) is 2. The summed E-state index contributed by atoms with van der Waals surface area (Å²) in [5.41, 5.74) is 1.26. The summed E-state index contributed by atoms with van der Waals surface area (Å²) < 4.78 is 5.75. The Morgan fingerprint density at radius 3 is 2.52 bits per heavy atom. The van der Waals surface area contributed by atoms with Crippen LogP contribution >= 0.6 is 11.6 Å². The first kappa shape index (κ1) is 18.4. The van der Waals surface area contributed by atoms with Crippen molar-refractivity contribution in [2.45, 2.75) is 0 Å². The maximum absolute atomic E-state index is 12.4. The molecule has 27 heavy (non-hydrogen) atoms. The molecule has 0 unspecified atom stereocenters. The summed E-state index contributed by atoms with van der Waals surface area (Å²) in [6, 6.07) is 16.8. The summed E-state index contributed by atoms with van der Waals surface area (Å²) in [6.45, 7) is 0. The number of benzene rings is 2. The maximum Gasteiger partial charge on any atom is 0.269 e. The highest BCUT2D eigenvalue weighted by Crippen LogP contribution is 2.23. The third kappa shape index (κ3) is 4.83. The monoisotopic (exact) mass is 381 g/mol. The van der Waals surface area contributed by atoms with Gasteiger partial charge in [0.15, 0.2) is 0 Å². The lowest BCUT2D eigenvalue weighted by Gasteiger charge is -2.09. The van der Waals surface area contributed by atoms with Gasteiger partial charge in [0.1, 0.15) is 17.2 Å². The van der Waals surface area contributed by atoms with Crippen molar-refractivity contribution in [3.8, 4) is 11.5 Å². The highest BCUT2D eigenvalue weighted by Gasteiger charge is 2.10. The summed E-state index contributed by atoms with van der Waals surface area (Å²) in [4.78, 5) is 28.1. The van der Waals surface area contributed by atoms with Gasteiger partial charge in [-0.1, -0.05) is 23.7 Å². The van der Waals surface area contributed by atoms with E-state index in [0.29, 0.717) is 27.8 Å². The van der Waals surface area contributed by atoms with Crippen LogP contribution in [0.15, 0.2) is 66.9 Å². The molecule has 2 aromatic carbocycles. The lowest BCUT2D eigenvalue weighted by atomic mass is 10.2. The summed E-state index contributed by atoms with van der Waals surface area (Å²) in [5.74, 6) is 0.303. The number of anilines is 1. The van der Waals surface area contributed by atoms with Crippen molar-refractivity contribution in [2.24, 2.45) is 0 Å². The van der Waals surface area contributed by atoms with Gasteiger partial charge in [-0.05, 0) is 42.5 Å². The molecule has 6 nitrogen and oxygen atoms in total. The summed E-state index contributed by atoms with van der Waals surface area (Å²) in [6.07, 6.45) is 1.48. The van der Waals surface area contributed by atoms with Crippen molar-refractivity contribution >= 4 is 29.1 Å². The molecule has 0 saturated carbocycles. The normalized spacial score (nSPS) is 10.1. The molecule has 0 spiro atoms. The second kappa shape index (κ2) is 8.33. The first-order valence-corrected chi connectivity index (χ1v) is 8.46. The Labute approximate surface area is 161 Å². The van der Waals surface area contributed by atoms with Crippen LogP contribution in [0, 0.1) is 0 Å². The quantitative estimate of drug-likeness (QED) is 0.696. The van der Waals surface area contributed by atoms with Crippen molar-refractivity contribution in [3.05, 3.63) is 83.1 Å². The van der Waals surface area contributed by atoms with E-state index in [0.717, 1.165) is 0 Å². The van der Waals surface area contributed by atoms with Gasteiger partial charge in [-0.3, -0.25) is 14.6 Å². The highest BCUT2D eigenvalue weighted by molar-refractivity contribution is 6.31. The molecule has 0 bridgehead atoms. The Hall–Kier alpha value is -3.38. The highest BCUT2D eigenvalue weighted by atomic mass is 35.5. The van der Waals surface area contributed by atoms with Crippen LogP contribution in [0.5, 0.6) is 11.5 Å². The first-order chi connectivity index (χ1) is 13.0. The molecular formula is C20H16ClN3O3. The molecule has 2 amide bonds. The zero-order valence-corrected chi connectivity index (χ0v) is 15.2. The van der Waals surface area contributed by atoms with Gasteiger partial charge >= 0.3 is 0 Å². The molecule has 0 atom stereocenters. The first-order valence-electron chi connectivity index (χ1n) is 8.08. The Kier molecular flexibility index (Phi) is 5.68. The minimum Gasteiger partial charge on any atom is -0.457 e. The molecule has 1 heterocycles. The Bertz CT molecular complexity index is 991. The van der Waals surface area contributed by atoms with Crippen LogP contribution in [-0.2, 0) is 0 Å². The van der Waals surface area contributed by atoms with Gasteiger partial charge in [-0.15, -0.1) is 0 Å². The molecule has 1 aromatic heterocycles. The van der Waals surface area contributed by atoms with Crippen molar-refractivity contribution in [1.29, 1.82) is 0 Å². The molecule has 0 saturated heterocycles. The van der Waals surface area contributed by atoms with E-state index in [4.69, 9.17) is 16.3 Å². The fraction of sp³-hybridized carbons (Fsp3) is 0.0500. The van der Waals surface area contributed by atoms with Crippen LogP contribution in [-0.4, -0.2) is 23.8 Å². The number of rotatable bonds is 5. The van der Waals surface area contributed by atoms with Gasteiger partial charge in [0.05, 0.1) is 0 Å². The molecule has 7 heteroatoms. The van der Waals surface area contributed by atoms with Gasteiger partial charge in [0, 0.05) is 35.6 Å². The van der Waals surface area contributed by atoms with Gasteiger partial charge in [0.2, 0.25) is 0 Å². The number of ether oxygens (including phenoxy) is 1. The van der Waals surface area contributed by atoms with Crippen molar-refractivity contribution in [1.82, 2.24) is 10.3 Å². The van der Waals surface area contributed by atoms with E-state index < -0.39 is 0 Å². The molecule has 2 N–H and O–H groups in total. The van der Waals surface area contributed by atoms with E-state index in [1.807, 2.05) is 0 Å². The van der Waals surface area contributed by atoms with Crippen LogP contribution in [0.25, 0.3) is 0 Å². The molecule has 136 valence electrons. The van der Waals surface area contributed by atoms with Gasteiger partial charge in [-0.2, -0.15) is 0 Å². The van der Waals surface area contributed by atoms with Crippen LogP contribution in [0.1, 0.15) is 20.8 Å². The van der Waals surface area contributed by atoms with Crippen molar-refractivity contribution in [2.75, 3.05) is 12.4 Å². The van der Waals surface area contributed by atoms with Gasteiger partial charge in [-0.25, -0.2) is 0 Å². The molecule has 0 aliphatic heterocycles. The Morgan fingerprint density at radius 2 is 1.74 bits per heavy atom. The Morgan fingerprint density at radius 1 is 0.963 bits per heavy atom. The number of amides is 2. The van der Waals surface area contributed by atoms with Gasteiger partial charge in [0.25, 0.3) is 11.8 Å². The van der Waals surface area contributed by atoms with E-state index in [1.165, 1.54) is 19.3 Å². The predicted molar refractivity (Wildman–Crippen MR) is 104 cm³/mol. The number of aromatic nitrogens is 1. The SMILES string of the molecule is CNC(=O)c1cc(Oc2cccc(C(=O)Nc3cccc(Cl)c3)c2)ccn1. The standard InChI is InChI=1S/C20H16ClN3O3/c1-22-20(26)18-12-17(8-9-23-18)27-16-7-2-4-13(10-16)19(25)24-15-6-3-5-14(21)11-15/h2-12H,1H3,(H,22,26)(H,24,25). The van der Waals surface area contributed by atoms with Crippen molar-refractivity contribution < 1.29 is 14.3 Å². The summed E-state index contributed by atoms with van der Waals surface area (Å²) in [7, 11) is 1.53. The molecule has 0 aliphatic rings. The molecular weight excluding hydrogens is 366 g/mol. The topological polar surface area (TPSA) is 80.3 Å². The molecule has 3 aromatic rings. The number of carbonyl (C=O) groups is 2. The second-order valence-electron chi connectivity index (χ2n) is 5.55. The molecule has 0 radical (unpaired) electrons. The van der Waals surface area contributed by atoms with E-state index in [1.54, 1.807) is 54.6 Å². The van der Waals surface area contributed by atoms with Crippen molar-refractivity contribution in [3.63, 3.8) is 0 Å². The lowest BCUT2D eigenvalue weighted by Crippen LogP contribution is -2.18. The number of pyridine rings is 1. The molecule has 3 rings (SSSR count). The fourth-order valence-electron chi connectivity index (χ4n) is 2.33. The average Bonchev–Trinajstić information content (AvgIpc) is 2.68. The second-order valence-corrected chi connectivity index (χ2v) is 5.99. The molecule has 0 aliphatic carbocycles. The predicted octanol–water partition coefficient (Wildman–Crippen LogP) is 4.14. The maximum atomic E-state index is 12.4. The van der Waals surface area contributed by atoms with E-state index in [9.17, 15) is 9.59 Å². The average molecular weight is 382 g/mol.